The van der Waals surface area contributed by atoms with Gasteiger partial charge in [-0.1, -0.05) is 6.92 Å². The highest BCUT2D eigenvalue weighted by atomic mass is 19.1. The van der Waals surface area contributed by atoms with Gasteiger partial charge in [-0.15, -0.1) is 0 Å². The second-order valence-corrected chi connectivity index (χ2v) is 6.32. The second kappa shape index (κ2) is 6.07. The van der Waals surface area contributed by atoms with Gasteiger partial charge in [-0.3, -0.25) is 14.4 Å². The van der Waals surface area contributed by atoms with Crippen LogP contribution in [0.4, 0.5) is 4.39 Å². The maximum absolute atomic E-state index is 13.6. The molecule has 1 fully saturated rings. The lowest BCUT2D eigenvalue weighted by Gasteiger charge is -2.34. The number of amides is 1. The van der Waals surface area contributed by atoms with Crippen molar-refractivity contribution < 1.29 is 19.1 Å². The molecule has 1 saturated heterocycles. The molecule has 1 amide bonds. The number of H-pyrrole nitrogens is 1. The fourth-order valence-electron chi connectivity index (χ4n) is 3.27. The average molecular weight is 332 g/mol. The van der Waals surface area contributed by atoms with Crippen molar-refractivity contribution >= 4 is 22.8 Å². The molecule has 1 aromatic carbocycles. The Kier molecular flexibility index (Phi) is 4.09. The number of carbonyl (C=O) groups excluding carboxylic acids is 1. The highest BCUT2D eigenvalue weighted by Gasteiger charge is 2.32. The standard InChI is InChI=1S/C17H17FN2O4/c1-9-4-10(17(23)24)8-20(7-9)16(22)13-6-15(21)19-14-3-2-11(18)5-12(13)14/h2-3,5-6,9-10H,4,7-8H2,1H3,(H,19,21)(H,23,24). The number of carboxylic acids is 1. The van der Waals surface area contributed by atoms with Crippen molar-refractivity contribution in [2.24, 2.45) is 11.8 Å². The number of carbonyl (C=O) groups is 2. The number of rotatable bonds is 2. The van der Waals surface area contributed by atoms with Crippen molar-refractivity contribution in [1.82, 2.24) is 9.88 Å². The number of aromatic amines is 1. The first-order valence-electron chi connectivity index (χ1n) is 7.70. The summed E-state index contributed by atoms with van der Waals surface area (Å²) in [6.45, 7) is 2.37. The van der Waals surface area contributed by atoms with Crippen molar-refractivity contribution in [1.29, 1.82) is 0 Å². The number of piperidine rings is 1. The Hall–Kier alpha value is -2.70. The molecule has 2 unspecified atom stereocenters. The smallest absolute Gasteiger partial charge is 0.308 e. The van der Waals surface area contributed by atoms with Gasteiger partial charge in [-0.2, -0.15) is 0 Å². The Morgan fingerprint density at radius 2 is 2.04 bits per heavy atom. The van der Waals surface area contributed by atoms with E-state index < -0.39 is 29.2 Å². The molecular formula is C17H17FN2O4. The van der Waals surface area contributed by atoms with Crippen LogP contribution in [0.25, 0.3) is 10.9 Å². The number of aliphatic carboxylic acids is 1. The summed E-state index contributed by atoms with van der Waals surface area (Å²) in [4.78, 5) is 39.9. The molecule has 0 saturated carbocycles. The Morgan fingerprint density at radius 3 is 2.75 bits per heavy atom. The summed E-state index contributed by atoms with van der Waals surface area (Å²) in [6, 6.07) is 4.94. The first-order valence-corrected chi connectivity index (χ1v) is 7.70. The first kappa shape index (κ1) is 16.2. The number of nitrogens with one attached hydrogen (secondary N) is 1. The van der Waals surface area contributed by atoms with E-state index in [4.69, 9.17) is 0 Å². The van der Waals surface area contributed by atoms with Gasteiger partial charge < -0.3 is 15.0 Å². The normalized spacial score (nSPS) is 21.0. The lowest BCUT2D eigenvalue weighted by atomic mass is 9.90. The topological polar surface area (TPSA) is 90.5 Å². The number of carboxylic acid groups (broad SMARTS) is 1. The number of benzene rings is 1. The number of nitrogens with zero attached hydrogens (tertiary/aromatic N) is 1. The zero-order chi connectivity index (χ0) is 17.4. The van der Waals surface area contributed by atoms with Crippen LogP contribution in [0.5, 0.6) is 0 Å². The molecule has 7 heteroatoms. The van der Waals surface area contributed by atoms with E-state index in [0.29, 0.717) is 23.9 Å². The van der Waals surface area contributed by atoms with Gasteiger partial charge in [0.2, 0.25) is 5.56 Å². The van der Waals surface area contributed by atoms with E-state index in [1.165, 1.54) is 23.1 Å². The van der Waals surface area contributed by atoms with Gasteiger partial charge in [0.05, 0.1) is 11.5 Å². The fraction of sp³-hybridized carbons (Fsp3) is 0.353. The van der Waals surface area contributed by atoms with Gasteiger partial charge in [0, 0.05) is 30.1 Å². The van der Waals surface area contributed by atoms with Gasteiger partial charge in [-0.05, 0) is 30.5 Å². The van der Waals surface area contributed by atoms with E-state index in [0.717, 1.165) is 6.07 Å². The molecule has 0 bridgehead atoms. The SMILES string of the molecule is CC1CC(C(=O)O)CN(C(=O)c2cc(=O)[nH]c3ccc(F)cc23)C1. The number of aromatic nitrogens is 1. The molecule has 126 valence electrons. The van der Waals surface area contributed by atoms with Gasteiger partial charge in [0.15, 0.2) is 0 Å². The van der Waals surface area contributed by atoms with Crippen molar-refractivity contribution in [3.63, 3.8) is 0 Å². The molecule has 24 heavy (non-hydrogen) atoms. The van der Waals surface area contributed by atoms with Crippen LogP contribution >= 0.6 is 0 Å². The van der Waals surface area contributed by atoms with Crippen molar-refractivity contribution in [3.05, 3.63) is 46.0 Å². The molecule has 2 heterocycles. The molecule has 0 spiro atoms. The van der Waals surface area contributed by atoms with Crippen LogP contribution in [0.2, 0.25) is 0 Å². The third kappa shape index (κ3) is 3.02. The predicted octanol–water partition coefficient (Wildman–Crippen LogP) is 1.85. The summed E-state index contributed by atoms with van der Waals surface area (Å²) in [5.41, 5.74) is -0.00381. The van der Waals surface area contributed by atoms with Gasteiger partial charge in [0.25, 0.3) is 5.91 Å². The summed E-state index contributed by atoms with van der Waals surface area (Å²) in [5, 5.41) is 9.55. The van der Waals surface area contributed by atoms with Crippen molar-refractivity contribution in [2.75, 3.05) is 13.1 Å². The van der Waals surface area contributed by atoms with Crippen LogP contribution in [-0.2, 0) is 4.79 Å². The zero-order valence-electron chi connectivity index (χ0n) is 13.1. The molecule has 1 aromatic heterocycles. The van der Waals surface area contributed by atoms with Crippen molar-refractivity contribution in [3.8, 4) is 0 Å². The number of halogens is 1. The summed E-state index contributed by atoms with van der Waals surface area (Å²) >= 11 is 0. The second-order valence-electron chi connectivity index (χ2n) is 6.32. The zero-order valence-corrected chi connectivity index (χ0v) is 13.1. The minimum absolute atomic E-state index is 0.0359. The summed E-state index contributed by atoms with van der Waals surface area (Å²) in [6.07, 6.45) is 0.504. The van der Waals surface area contributed by atoms with E-state index >= 15 is 0 Å². The maximum Gasteiger partial charge on any atom is 0.308 e. The predicted molar refractivity (Wildman–Crippen MR) is 85.3 cm³/mol. The molecule has 1 aliphatic heterocycles. The summed E-state index contributed by atoms with van der Waals surface area (Å²) in [5.74, 6) is -2.51. The number of hydrogen-bond acceptors (Lipinski definition) is 3. The molecule has 0 radical (unpaired) electrons. The van der Waals surface area contributed by atoms with E-state index in [1.807, 2.05) is 6.92 Å². The highest BCUT2D eigenvalue weighted by molar-refractivity contribution is 6.06. The van der Waals surface area contributed by atoms with Crippen LogP contribution in [-0.4, -0.2) is 40.0 Å². The van der Waals surface area contributed by atoms with Gasteiger partial charge >= 0.3 is 5.97 Å². The minimum Gasteiger partial charge on any atom is -0.481 e. The van der Waals surface area contributed by atoms with Crippen LogP contribution in [0.15, 0.2) is 29.1 Å². The monoisotopic (exact) mass is 332 g/mol. The third-order valence-electron chi connectivity index (χ3n) is 4.33. The van der Waals surface area contributed by atoms with Gasteiger partial charge in [-0.25, -0.2) is 4.39 Å². The molecule has 2 atom stereocenters. The summed E-state index contributed by atoms with van der Waals surface area (Å²) in [7, 11) is 0. The molecule has 1 aliphatic rings. The van der Waals surface area contributed by atoms with Crippen LogP contribution in [0.1, 0.15) is 23.7 Å². The van der Waals surface area contributed by atoms with E-state index in [-0.39, 0.29) is 18.0 Å². The Morgan fingerprint density at radius 1 is 1.29 bits per heavy atom. The molecule has 3 rings (SSSR count). The number of fused-ring (bicyclic) bond motifs is 1. The Labute approximate surface area is 136 Å². The summed E-state index contributed by atoms with van der Waals surface area (Å²) < 4.78 is 13.6. The number of pyridine rings is 1. The average Bonchev–Trinajstić information content (AvgIpc) is 2.53. The van der Waals surface area contributed by atoms with Crippen LogP contribution < -0.4 is 5.56 Å². The van der Waals surface area contributed by atoms with E-state index in [1.54, 1.807) is 0 Å². The van der Waals surface area contributed by atoms with E-state index in [9.17, 15) is 23.9 Å². The fourth-order valence-corrected chi connectivity index (χ4v) is 3.27. The maximum atomic E-state index is 13.6. The largest absolute Gasteiger partial charge is 0.481 e. The van der Waals surface area contributed by atoms with Crippen LogP contribution in [0.3, 0.4) is 0 Å². The first-order chi connectivity index (χ1) is 11.3. The molecule has 0 aliphatic carbocycles. The number of hydrogen-bond donors (Lipinski definition) is 2. The molecule has 2 aromatic rings. The number of likely N-dealkylation sites (tertiary alicyclic amines) is 1. The highest BCUT2D eigenvalue weighted by Crippen LogP contribution is 2.25. The van der Waals surface area contributed by atoms with Crippen molar-refractivity contribution in [2.45, 2.75) is 13.3 Å². The van der Waals surface area contributed by atoms with E-state index in [2.05, 4.69) is 4.98 Å². The Bertz CT molecular complexity index is 877. The Balaban J connectivity index is 2.03. The molecular weight excluding hydrogens is 315 g/mol. The molecule has 2 N–H and O–H groups in total. The quantitative estimate of drug-likeness (QED) is 0.878. The minimum atomic E-state index is -0.943. The lowest BCUT2D eigenvalue weighted by molar-refractivity contribution is -0.143. The lowest BCUT2D eigenvalue weighted by Crippen LogP contribution is -2.45. The van der Waals surface area contributed by atoms with Crippen LogP contribution in [0, 0.1) is 17.7 Å². The third-order valence-corrected chi connectivity index (χ3v) is 4.33. The molecule has 6 nitrogen and oxygen atoms in total. The van der Waals surface area contributed by atoms with Gasteiger partial charge in [0.1, 0.15) is 5.82 Å².